The van der Waals surface area contributed by atoms with E-state index in [2.05, 4.69) is 15.2 Å². The number of rotatable bonds is 5. The first-order valence-electron chi connectivity index (χ1n) is 12.4. The number of aliphatic carboxylic acids is 2. The summed E-state index contributed by atoms with van der Waals surface area (Å²) in [5.74, 6) is -4.95. The molecule has 3 aliphatic heterocycles. The molecule has 0 unspecified atom stereocenters. The molecule has 0 aliphatic carbocycles. The van der Waals surface area contributed by atoms with Gasteiger partial charge in [0.1, 0.15) is 6.10 Å². The molecule has 3 fully saturated rings. The Morgan fingerprint density at radius 3 is 2.12 bits per heavy atom. The first-order valence-corrected chi connectivity index (χ1v) is 12.4. The van der Waals surface area contributed by atoms with E-state index in [0.29, 0.717) is 18.5 Å². The van der Waals surface area contributed by atoms with Gasteiger partial charge in [-0.25, -0.2) is 9.59 Å². The number of pyridine rings is 1. The van der Waals surface area contributed by atoms with Gasteiger partial charge in [-0.1, -0.05) is 6.07 Å². The Labute approximate surface area is 225 Å². The molecule has 10 nitrogen and oxygen atoms in total. The second kappa shape index (κ2) is 15.1. The standard InChI is InChI=1S/C20H29N3O3.2C2HF3O2/c24-20(22-9-4-16-3-1-2-8-21-16)18-13-15-5-10-23(14-19(15)26-18)17-6-11-25-12-7-17;2*3-2(4,5)1(6)7/h1-3,8,15,17-19H,4-7,9-14H2,(H,22,24);2*(H,6,7)/t15-,18+,19+;;/m0../s1. The van der Waals surface area contributed by atoms with Crippen LogP contribution < -0.4 is 5.32 Å². The van der Waals surface area contributed by atoms with E-state index in [1.165, 1.54) is 0 Å². The number of piperidine rings is 1. The van der Waals surface area contributed by atoms with Gasteiger partial charge in [0.25, 0.3) is 0 Å². The summed E-state index contributed by atoms with van der Waals surface area (Å²) in [6, 6.07) is 6.48. The molecule has 0 bridgehead atoms. The molecule has 3 N–H and O–H groups in total. The number of ether oxygens (including phenoxy) is 2. The van der Waals surface area contributed by atoms with E-state index in [-0.39, 0.29) is 18.1 Å². The fourth-order valence-corrected chi connectivity index (χ4v) is 4.48. The van der Waals surface area contributed by atoms with Gasteiger partial charge in [-0.05, 0) is 50.3 Å². The summed E-state index contributed by atoms with van der Waals surface area (Å²) in [7, 11) is 0. The molecule has 0 spiro atoms. The number of nitrogens with one attached hydrogen (secondary N) is 1. The van der Waals surface area contributed by atoms with E-state index < -0.39 is 24.3 Å². The van der Waals surface area contributed by atoms with Gasteiger partial charge in [0.15, 0.2) is 0 Å². The molecule has 1 amide bonds. The zero-order chi connectivity index (χ0) is 29.9. The summed E-state index contributed by atoms with van der Waals surface area (Å²) in [5.41, 5.74) is 1.00. The minimum absolute atomic E-state index is 0.0351. The number of carboxylic acids is 2. The third-order valence-electron chi connectivity index (χ3n) is 6.47. The highest BCUT2D eigenvalue weighted by atomic mass is 19.4. The molecule has 3 aliphatic rings. The Morgan fingerprint density at radius 2 is 1.60 bits per heavy atom. The van der Waals surface area contributed by atoms with Crippen LogP contribution in [0.3, 0.4) is 0 Å². The zero-order valence-corrected chi connectivity index (χ0v) is 21.3. The Bertz CT molecular complexity index is 935. The number of carbonyl (C=O) groups excluding carboxylic acids is 1. The highest BCUT2D eigenvalue weighted by Crippen LogP contribution is 2.35. The fraction of sp³-hybridized carbons (Fsp3) is 0.667. The Kier molecular flexibility index (Phi) is 12.6. The van der Waals surface area contributed by atoms with Crippen molar-refractivity contribution in [2.45, 2.75) is 62.7 Å². The number of aromatic nitrogens is 1. The van der Waals surface area contributed by atoms with Gasteiger partial charge in [-0.2, -0.15) is 26.3 Å². The highest BCUT2D eigenvalue weighted by molar-refractivity contribution is 5.81. The molecule has 0 radical (unpaired) electrons. The van der Waals surface area contributed by atoms with Gasteiger partial charge in [0.05, 0.1) is 6.10 Å². The van der Waals surface area contributed by atoms with Gasteiger partial charge in [0, 0.05) is 50.7 Å². The second-order valence-corrected chi connectivity index (χ2v) is 9.25. The summed E-state index contributed by atoms with van der Waals surface area (Å²) < 4.78 is 75.1. The van der Waals surface area contributed by atoms with Crippen molar-refractivity contribution < 1.29 is 60.4 Å². The minimum Gasteiger partial charge on any atom is -0.475 e. The van der Waals surface area contributed by atoms with Crippen molar-refractivity contribution in [1.29, 1.82) is 0 Å². The topological polar surface area (TPSA) is 138 Å². The number of nitrogens with zero attached hydrogens (tertiary/aromatic N) is 2. The van der Waals surface area contributed by atoms with Crippen molar-refractivity contribution in [3.8, 4) is 0 Å². The number of alkyl halides is 6. The number of halogens is 6. The van der Waals surface area contributed by atoms with Crippen molar-refractivity contribution in [1.82, 2.24) is 15.2 Å². The summed E-state index contributed by atoms with van der Waals surface area (Å²) in [4.78, 5) is 37.1. The van der Waals surface area contributed by atoms with E-state index in [9.17, 15) is 31.1 Å². The summed E-state index contributed by atoms with van der Waals surface area (Å²) in [6.07, 6.45) is -3.47. The molecular formula is C24H31F6N3O7. The first-order chi connectivity index (χ1) is 18.7. The lowest BCUT2D eigenvalue weighted by molar-refractivity contribution is -0.193. The second-order valence-electron chi connectivity index (χ2n) is 9.25. The third kappa shape index (κ3) is 11.3. The minimum atomic E-state index is -5.08. The zero-order valence-electron chi connectivity index (χ0n) is 21.3. The molecule has 4 heterocycles. The largest absolute Gasteiger partial charge is 0.490 e. The fourth-order valence-electron chi connectivity index (χ4n) is 4.48. The molecule has 3 saturated heterocycles. The number of amides is 1. The normalized spacial score (nSPS) is 23.5. The monoisotopic (exact) mass is 587 g/mol. The lowest BCUT2D eigenvalue weighted by Gasteiger charge is -2.40. The Balaban J connectivity index is 0.000000333. The number of carboxylic acid groups (broad SMARTS) is 2. The molecular weight excluding hydrogens is 556 g/mol. The molecule has 40 heavy (non-hydrogen) atoms. The Morgan fingerprint density at radius 1 is 1.00 bits per heavy atom. The average molecular weight is 588 g/mol. The van der Waals surface area contributed by atoms with Crippen molar-refractivity contribution in [2.24, 2.45) is 5.92 Å². The number of hydrogen-bond donors (Lipinski definition) is 3. The van der Waals surface area contributed by atoms with E-state index in [1.807, 2.05) is 18.2 Å². The van der Waals surface area contributed by atoms with E-state index in [1.54, 1.807) is 6.20 Å². The molecule has 0 aromatic carbocycles. The maximum Gasteiger partial charge on any atom is 0.490 e. The summed E-state index contributed by atoms with van der Waals surface area (Å²) in [6.45, 7) is 4.45. The van der Waals surface area contributed by atoms with Crippen LogP contribution in [-0.4, -0.2) is 101 Å². The van der Waals surface area contributed by atoms with E-state index in [4.69, 9.17) is 29.3 Å². The van der Waals surface area contributed by atoms with E-state index in [0.717, 1.165) is 64.1 Å². The van der Waals surface area contributed by atoms with Crippen LogP contribution in [0.15, 0.2) is 24.4 Å². The van der Waals surface area contributed by atoms with Crippen LogP contribution in [0.1, 0.15) is 31.4 Å². The SMILES string of the molecule is O=C(NCCc1ccccn1)[C@H]1C[C@@H]2CCN(C3CCOCC3)C[C@H]2O1.O=C(O)C(F)(F)F.O=C(O)C(F)(F)F. The van der Waals surface area contributed by atoms with Gasteiger partial charge in [-0.15, -0.1) is 0 Å². The van der Waals surface area contributed by atoms with Gasteiger partial charge in [-0.3, -0.25) is 14.7 Å². The van der Waals surface area contributed by atoms with Crippen LogP contribution in [0, 0.1) is 5.92 Å². The van der Waals surface area contributed by atoms with Gasteiger partial charge >= 0.3 is 24.3 Å². The van der Waals surface area contributed by atoms with Crippen LogP contribution in [0.4, 0.5) is 26.3 Å². The molecule has 1 aromatic heterocycles. The van der Waals surface area contributed by atoms with Crippen LogP contribution in [-0.2, 0) is 30.3 Å². The summed E-state index contributed by atoms with van der Waals surface area (Å²) >= 11 is 0. The maximum atomic E-state index is 12.5. The van der Waals surface area contributed by atoms with E-state index >= 15 is 0 Å². The third-order valence-corrected chi connectivity index (χ3v) is 6.47. The summed E-state index contributed by atoms with van der Waals surface area (Å²) in [5, 5.41) is 17.3. The molecule has 16 heteroatoms. The Hall–Kier alpha value is -2.98. The molecule has 3 atom stereocenters. The number of carbonyl (C=O) groups is 3. The van der Waals surface area contributed by atoms with Crippen molar-refractivity contribution in [3.05, 3.63) is 30.1 Å². The number of fused-ring (bicyclic) bond motifs is 1. The highest BCUT2D eigenvalue weighted by Gasteiger charge is 2.43. The van der Waals surface area contributed by atoms with Gasteiger partial charge in [0.2, 0.25) is 5.91 Å². The first kappa shape index (κ1) is 33.2. The lowest BCUT2D eigenvalue weighted by Crippen LogP contribution is -2.49. The predicted molar refractivity (Wildman–Crippen MR) is 125 cm³/mol. The lowest BCUT2D eigenvalue weighted by atomic mass is 9.90. The molecule has 0 saturated carbocycles. The smallest absolute Gasteiger partial charge is 0.475 e. The van der Waals surface area contributed by atoms with Gasteiger partial charge < -0.3 is 25.0 Å². The van der Waals surface area contributed by atoms with Crippen LogP contribution in [0.25, 0.3) is 0 Å². The number of hydrogen-bond acceptors (Lipinski definition) is 7. The van der Waals surface area contributed by atoms with Crippen LogP contribution >= 0.6 is 0 Å². The molecule has 226 valence electrons. The van der Waals surface area contributed by atoms with Crippen molar-refractivity contribution >= 4 is 17.8 Å². The van der Waals surface area contributed by atoms with Crippen molar-refractivity contribution in [2.75, 3.05) is 32.8 Å². The predicted octanol–water partition coefficient (Wildman–Crippen LogP) is 2.67. The maximum absolute atomic E-state index is 12.5. The van der Waals surface area contributed by atoms with Crippen LogP contribution in [0.2, 0.25) is 0 Å². The average Bonchev–Trinajstić information content (AvgIpc) is 3.33. The molecule has 4 rings (SSSR count). The molecule has 1 aromatic rings. The number of likely N-dealkylation sites (tertiary alicyclic amines) is 1. The van der Waals surface area contributed by atoms with Crippen molar-refractivity contribution in [3.63, 3.8) is 0 Å². The quantitative estimate of drug-likeness (QED) is 0.444. The van der Waals surface area contributed by atoms with Crippen LogP contribution in [0.5, 0.6) is 0 Å².